The standard InChI is InChI=1S/C12H16N2OS/c1-3-14-10-6-4-5-7-11(10)16-8-9(13-2)12(14)15/h4-7,9,13H,3,8H2,1-2H3. The van der Waals surface area contributed by atoms with E-state index in [9.17, 15) is 4.79 Å². The van der Waals surface area contributed by atoms with Crippen LogP contribution in [0.25, 0.3) is 0 Å². The van der Waals surface area contributed by atoms with E-state index in [1.807, 2.05) is 37.1 Å². The van der Waals surface area contributed by atoms with Crippen LogP contribution in [-0.2, 0) is 4.79 Å². The van der Waals surface area contributed by atoms with Crippen molar-refractivity contribution in [3.63, 3.8) is 0 Å². The average Bonchev–Trinajstić information content (AvgIpc) is 2.45. The summed E-state index contributed by atoms with van der Waals surface area (Å²) in [6.45, 7) is 2.73. The van der Waals surface area contributed by atoms with Crippen molar-refractivity contribution in [2.45, 2.75) is 17.9 Å². The number of fused-ring (bicyclic) bond motifs is 1. The first-order valence-electron chi connectivity index (χ1n) is 5.48. The van der Waals surface area contributed by atoms with E-state index in [4.69, 9.17) is 0 Å². The molecule has 0 aliphatic carbocycles. The molecule has 1 atom stereocenters. The molecule has 1 aliphatic rings. The minimum Gasteiger partial charge on any atom is -0.310 e. The lowest BCUT2D eigenvalue weighted by molar-refractivity contribution is -0.119. The largest absolute Gasteiger partial charge is 0.310 e. The van der Waals surface area contributed by atoms with Gasteiger partial charge >= 0.3 is 0 Å². The van der Waals surface area contributed by atoms with Crippen molar-refractivity contribution >= 4 is 23.4 Å². The molecule has 0 bridgehead atoms. The maximum absolute atomic E-state index is 12.2. The molecule has 1 aromatic rings. The Labute approximate surface area is 100 Å². The summed E-state index contributed by atoms with van der Waals surface area (Å²) in [4.78, 5) is 15.3. The van der Waals surface area contributed by atoms with Crippen LogP contribution in [0.4, 0.5) is 5.69 Å². The lowest BCUT2D eigenvalue weighted by atomic mass is 10.2. The zero-order valence-electron chi connectivity index (χ0n) is 9.56. The minimum absolute atomic E-state index is 0.0858. The molecular weight excluding hydrogens is 220 g/mol. The molecule has 1 aliphatic heterocycles. The van der Waals surface area contributed by atoms with Gasteiger partial charge in [-0.15, -0.1) is 11.8 Å². The number of anilines is 1. The number of likely N-dealkylation sites (N-methyl/N-ethyl adjacent to an activating group) is 2. The second-order valence-electron chi connectivity index (χ2n) is 3.70. The van der Waals surface area contributed by atoms with Crippen LogP contribution in [0.3, 0.4) is 0 Å². The van der Waals surface area contributed by atoms with Crippen LogP contribution in [0.1, 0.15) is 6.92 Å². The maximum atomic E-state index is 12.2. The van der Waals surface area contributed by atoms with Crippen molar-refractivity contribution < 1.29 is 4.79 Å². The topological polar surface area (TPSA) is 32.3 Å². The molecular formula is C12H16N2OS. The Kier molecular flexibility index (Phi) is 3.51. The third-order valence-corrected chi connectivity index (χ3v) is 3.95. The predicted octanol–water partition coefficient (Wildman–Crippen LogP) is 1.73. The molecule has 0 radical (unpaired) electrons. The number of hydrogen-bond donors (Lipinski definition) is 1. The van der Waals surface area contributed by atoms with E-state index >= 15 is 0 Å². The zero-order chi connectivity index (χ0) is 11.5. The van der Waals surface area contributed by atoms with Crippen LogP contribution in [0.2, 0.25) is 0 Å². The Morgan fingerprint density at radius 3 is 2.94 bits per heavy atom. The Hall–Kier alpha value is -1.00. The number of thioether (sulfide) groups is 1. The van der Waals surface area contributed by atoms with Gasteiger partial charge in [0.25, 0.3) is 0 Å². The quantitative estimate of drug-likeness (QED) is 0.849. The summed E-state index contributed by atoms with van der Waals surface area (Å²) >= 11 is 1.74. The fourth-order valence-electron chi connectivity index (χ4n) is 1.89. The van der Waals surface area contributed by atoms with Crippen molar-refractivity contribution in [2.24, 2.45) is 0 Å². The fourth-order valence-corrected chi connectivity index (χ4v) is 3.04. The highest BCUT2D eigenvalue weighted by molar-refractivity contribution is 7.99. The number of nitrogens with zero attached hydrogens (tertiary/aromatic N) is 1. The fraction of sp³-hybridized carbons (Fsp3) is 0.417. The second kappa shape index (κ2) is 4.89. The maximum Gasteiger partial charge on any atom is 0.244 e. The number of hydrogen-bond acceptors (Lipinski definition) is 3. The van der Waals surface area contributed by atoms with Gasteiger partial charge in [0.05, 0.1) is 11.7 Å². The molecule has 4 heteroatoms. The first kappa shape index (κ1) is 11.5. The Bertz CT molecular complexity index is 394. The van der Waals surface area contributed by atoms with Gasteiger partial charge in [0.15, 0.2) is 0 Å². The number of benzene rings is 1. The third kappa shape index (κ3) is 1.95. The third-order valence-electron chi connectivity index (χ3n) is 2.79. The molecule has 1 N–H and O–H groups in total. The molecule has 0 saturated carbocycles. The van der Waals surface area contributed by atoms with Crippen molar-refractivity contribution in [1.29, 1.82) is 0 Å². The van der Waals surface area contributed by atoms with E-state index in [1.54, 1.807) is 11.8 Å². The zero-order valence-corrected chi connectivity index (χ0v) is 10.4. The summed E-state index contributed by atoms with van der Waals surface area (Å²) in [5.74, 6) is 0.963. The van der Waals surface area contributed by atoms with Gasteiger partial charge < -0.3 is 10.2 Å². The molecule has 0 aromatic heterocycles. The SMILES string of the molecule is CCN1C(=O)C(NC)CSc2ccccc21. The van der Waals surface area contributed by atoms with E-state index < -0.39 is 0 Å². The highest BCUT2D eigenvalue weighted by Crippen LogP contribution is 2.33. The molecule has 86 valence electrons. The van der Waals surface area contributed by atoms with Crippen LogP contribution in [0, 0.1) is 0 Å². The van der Waals surface area contributed by atoms with E-state index in [0.717, 1.165) is 11.4 Å². The van der Waals surface area contributed by atoms with Gasteiger partial charge in [-0.1, -0.05) is 12.1 Å². The van der Waals surface area contributed by atoms with E-state index in [-0.39, 0.29) is 11.9 Å². The number of carbonyl (C=O) groups is 1. The molecule has 0 fully saturated rings. The van der Waals surface area contributed by atoms with Gasteiger partial charge in [0, 0.05) is 17.2 Å². The summed E-state index contributed by atoms with van der Waals surface area (Å²) in [6.07, 6.45) is 0. The van der Waals surface area contributed by atoms with Gasteiger partial charge in [-0.2, -0.15) is 0 Å². The van der Waals surface area contributed by atoms with Gasteiger partial charge in [-0.05, 0) is 26.1 Å². The number of para-hydroxylation sites is 1. The van der Waals surface area contributed by atoms with Gasteiger partial charge in [0.2, 0.25) is 5.91 Å². The molecule has 2 rings (SSSR count). The lowest BCUT2D eigenvalue weighted by Crippen LogP contribution is -2.45. The number of rotatable bonds is 2. The Balaban J connectivity index is 2.41. The Morgan fingerprint density at radius 1 is 1.50 bits per heavy atom. The van der Waals surface area contributed by atoms with Crippen molar-refractivity contribution in [3.05, 3.63) is 24.3 Å². The highest BCUT2D eigenvalue weighted by Gasteiger charge is 2.28. The highest BCUT2D eigenvalue weighted by atomic mass is 32.2. The summed E-state index contributed by atoms with van der Waals surface area (Å²) in [6, 6.07) is 8.01. The Morgan fingerprint density at radius 2 is 2.25 bits per heavy atom. The van der Waals surface area contributed by atoms with Gasteiger partial charge in [-0.3, -0.25) is 4.79 Å². The molecule has 0 spiro atoms. The minimum atomic E-state index is -0.0858. The average molecular weight is 236 g/mol. The van der Waals surface area contributed by atoms with Crippen LogP contribution in [0.15, 0.2) is 29.2 Å². The normalized spacial score (nSPS) is 20.5. The summed E-state index contributed by atoms with van der Waals surface area (Å²) in [5, 5.41) is 3.08. The molecule has 1 unspecified atom stereocenters. The van der Waals surface area contributed by atoms with E-state index in [1.165, 1.54) is 4.90 Å². The van der Waals surface area contributed by atoms with Gasteiger partial charge in [-0.25, -0.2) is 0 Å². The van der Waals surface area contributed by atoms with E-state index in [2.05, 4.69) is 11.4 Å². The number of nitrogens with one attached hydrogen (secondary N) is 1. The van der Waals surface area contributed by atoms with E-state index in [0.29, 0.717) is 6.54 Å². The van der Waals surface area contributed by atoms with Crippen LogP contribution >= 0.6 is 11.8 Å². The predicted molar refractivity (Wildman–Crippen MR) is 68.0 cm³/mol. The number of carbonyl (C=O) groups excluding carboxylic acids is 1. The molecule has 1 amide bonds. The summed E-state index contributed by atoms with van der Waals surface area (Å²) in [5.41, 5.74) is 1.04. The van der Waals surface area contributed by atoms with Crippen LogP contribution in [-0.4, -0.2) is 31.3 Å². The molecule has 1 aromatic carbocycles. The number of amides is 1. The molecule has 16 heavy (non-hydrogen) atoms. The van der Waals surface area contributed by atoms with Crippen LogP contribution in [0.5, 0.6) is 0 Å². The molecule has 3 nitrogen and oxygen atoms in total. The molecule has 1 heterocycles. The van der Waals surface area contributed by atoms with Gasteiger partial charge in [0.1, 0.15) is 0 Å². The lowest BCUT2D eigenvalue weighted by Gasteiger charge is -2.23. The van der Waals surface area contributed by atoms with Crippen LogP contribution < -0.4 is 10.2 Å². The summed E-state index contributed by atoms with van der Waals surface area (Å²) in [7, 11) is 1.84. The smallest absolute Gasteiger partial charge is 0.244 e. The van der Waals surface area contributed by atoms with Crippen molar-refractivity contribution in [2.75, 3.05) is 24.2 Å². The molecule has 0 saturated heterocycles. The summed E-state index contributed by atoms with van der Waals surface area (Å²) < 4.78 is 0. The second-order valence-corrected chi connectivity index (χ2v) is 4.76. The van der Waals surface area contributed by atoms with Crippen molar-refractivity contribution in [1.82, 2.24) is 5.32 Å². The monoisotopic (exact) mass is 236 g/mol. The van der Waals surface area contributed by atoms with Crippen molar-refractivity contribution in [3.8, 4) is 0 Å². The first-order chi connectivity index (χ1) is 7.77. The first-order valence-corrected chi connectivity index (χ1v) is 6.47.